The van der Waals surface area contributed by atoms with E-state index in [-0.39, 0.29) is 12.5 Å². The van der Waals surface area contributed by atoms with Crippen molar-refractivity contribution in [3.63, 3.8) is 0 Å². The Morgan fingerprint density at radius 2 is 2.05 bits per heavy atom. The molecule has 1 fully saturated rings. The van der Waals surface area contributed by atoms with E-state index in [1.54, 1.807) is 16.2 Å². The number of hydrogen-bond acceptors (Lipinski definition) is 4. The number of carboxylic acids is 1. The quantitative estimate of drug-likeness (QED) is 0.852. The molecule has 0 spiro atoms. The summed E-state index contributed by atoms with van der Waals surface area (Å²) < 4.78 is 0. The molecule has 2 amide bonds. The highest BCUT2D eigenvalue weighted by Gasteiger charge is 2.20. The van der Waals surface area contributed by atoms with Gasteiger partial charge in [-0.05, 0) is 22.4 Å². The van der Waals surface area contributed by atoms with E-state index >= 15 is 0 Å². The van der Waals surface area contributed by atoms with E-state index in [0.29, 0.717) is 26.2 Å². The van der Waals surface area contributed by atoms with Gasteiger partial charge in [0.15, 0.2) is 0 Å². The van der Waals surface area contributed by atoms with Crippen molar-refractivity contribution in [3.05, 3.63) is 22.4 Å². The van der Waals surface area contributed by atoms with Crippen molar-refractivity contribution in [2.75, 3.05) is 32.7 Å². The molecule has 1 saturated heterocycles. The number of aliphatic carboxylic acids is 1. The number of piperazine rings is 1. The molecule has 2 rings (SSSR count). The summed E-state index contributed by atoms with van der Waals surface area (Å²) in [5.41, 5.74) is 1.11. The fraction of sp³-hybridized carbons (Fsp3) is 0.538. The summed E-state index contributed by atoms with van der Waals surface area (Å²) in [5, 5.41) is 15.6. The molecule has 2 heterocycles. The van der Waals surface area contributed by atoms with Crippen molar-refractivity contribution in [2.45, 2.75) is 13.0 Å². The summed E-state index contributed by atoms with van der Waals surface area (Å²) in [6.45, 7) is 3.88. The molecular formula is C13H19N3O3S. The van der Waals surface area contributed by atoms with E-state index in [2.05, 4.69) is 10.2 Å². The van der Waals surface area contributed by atoms with E-state index in [0.717, 1.165) is 18.7 Å². The Kier molecular flexibility index (Phi) is 5.37. The number of rotatable bonds is 5. The Labute approximate surface area is 122 Å². The van der Waals surface area contributed by atoms with Gasteiger partial charge in [-0.1, -0.05) is 0 Å². The Bertz CT molecular complexity index is 442. The predicted octanol–water partition coefficient (Wildman–Crippen LogP) is 1.05. The maximum absolute atomic E-state index is 12.0. The first-order valence-corrected chi connectivity index (χ1v) is 7.57. The normalized spacial score (nSPS) is 16.1. The van der Waals surface area contributed by atoms with Crippen molar-refractivity contribution in [1.29, 1.82) is 0 Å². The molecule has 0 atom stereocenters. The van der Waals surface area contributed by atoms with E-state index in [4.69, 9.17) is 5.11 Å². The zero-order valence-corrected chi connectivity index (χ0v) is 12.1. The minimum Gasteiger partial charge on any atom is -0.481 e. The molecule has 20 heavy (non-hydrogen) atoms. The maximum atomic E-state index is 12.0. The second kappa shape index (κ2) is 7.25. The number of carbonyl (C=O) groups is 2. The standard InChI is InChI=1S/C13H19N3O3S/c17-12(18)1-3-15-4-6-16(7-5-15)13(19)14-9-11-2-8-20-10-11/h2,8,10H,1,3-7,9H2,(H,14,19)(H,17,18). The van der Waals surface area contributed by atoms with Gasteiger partial charge < -0.3 is 15.3 Å². The first-order chi connectivity index (χ1) is 9.65. The van der Waals surface area contributed by atoms with Crippen molar-refractivity contribution in [2.24, 2.45) is 0 Å². The fourth-order valence-corrected chi connectivity index (χ4v) is 2.78. The van der Waals surface area contributed by atoms with Crippen LogP contribution >= 0.6 is 11.3 Å². The molecule has 1 aliphatic heterocycles. The maximum Gasteiger partial charge on any atom is 0.317 e. The van der Waals surface area contributed by atoms with Crippen molar-refractivity contribution >= 4 is 23.3 Å². The molecule has 0 aromatic carbocycles. The molecule has 2 N–H and O–H groups in total. The first-order valence-electron chi connectivity index (χ1n) is 6.63. The van der Waals surface area contributed by atoms with Crippen LogP contribution in [0, 0.1) is 0 Å². The molecular weight excluding hydrogens is 278 g/mol. The lowest BCUT2D eigenvalue weighted by Gasteiger charge is -2.34. The number of carbonyl (C=O) groups excluding carboxylic acids is 1. The van der Waals surface area contributed by atoms with Gasteiger partial charge in [-0.15, -0.1) is 0 Å². The number of urea groups is 1. The van der Waals surface area contributed by atoms with E-state index in [1.165, 1.54) is 0 Å². The molecule has 6 nitrogen and oxygen atoms in total. The molecule has 1 aromatic rings. The van der Waals surface area contributed by atoms with Gasteiger partial charge in [0.1, 0.15) is 0 Å². The van der Waals surface area contributed by atoms with Gasteiger partial charge in [-0.2, -0.15) is 11.3 Å². The van der Waals surface area contributed by atoms with Crippen LogP contribution in [-0.2, 0) is 11.3 Å². The number of carboxylic acid groups (broad SMARTS) is 1. The van der Waals surface area contributed by atoms with Crippen LogP contribution in [0.2, 0.25) is 0 Å². The molecule has 0 saturated carbocycles. The van der Waals surface area contributed by atoms with Crippen LogP contribution < -0.4 is 5.32 Å². The Hall–Kier alpha value is -1.60. The Morgan fingerprint density at radius 3 is 2.65 bits per heavy atom. The monoisotopic (exact) mass is 297 g/mol. The Morgan fingerprint density at radius 1 is 1.30 bits per heavy atom. The lowest BCUT2D eigenvalue weighted by Crippen LogP contribution is -2.51. The summed E-state index contributed by atoms with van der Waals surface area (Å²) in [7, 11) is 0. The topological polar surface area (TPSA) is 72.9 Å². The molecule has 0 radical (unpaired) electrons. The SMILES string of the molecule is O=C(O)CCN1CCN(C(=O)NCc2ccsc2)CC1. The first kappa shape index (κ1) is 14.8. The van der Waals surface area contributed by atoms with Crippen LogP contribution in [0.3, 0.4) is 0 Å². The number of amides is 2. The average Bonchev–Trinajstić information content (AvgIpc) is 2.96. The molecule has 1 aliphatic rings. The van der Waals surface area contributed by atoms with E-state index in [1.807, 2.05) is 16.8 Å². The predicted molar refractivity (Wildman–Crippen MR) is 76.8 cm³/mol. The van der Waals surface area contributed by atoms with Crippen molar-refractivity contribution < 1.29 is 14.7 Å². The second-order valence-corrected chi connectivity index (χ2v) is 5.54. The van der Waals surface area contributed by atoms with E-state index in [9.17, 15) is 9.59 Å². The van der Waals surface area contributed by atoms with Crippen LogP contribution in [0.25, 0.3) is 0 Å². The number of thiophene rings is 1. The van der Waals surface area contributed by atoms with Gasteiger partial charge in [0.2, 0.25) is 0 Å². The minimum atomic E-state index is -0.777. The molecule has 0 aliphatic carbocycles. The molecule has 1 aromatic heterocycles. The summed E-state index contributed by atoms with van der Waals surface area (Å²) in [6.07, 6.45) is 0.157. The second-order valence-electron chi connectivity index (χ2n) is 4.76. The summed E-state index contributed by atoms with van der Waals surface area (Å²) >= 11 is 1.62. The largest absolute Gasteiger partial charge is 0.481 e. The molecule has 7 heteroatoms. The van der Waals surface area contributed by atoms with Gasteiger partial charge in [-0.25, -0.2) is 4.79 Å². The van der Waals surface area contributed by atoms with Crippen LogP contribution in [0.5, 0.6) is 0 Å². The summed E-state index contributed by atoms with van der Waals surface area (Å²) in [4.78, 5) is 26.3. The van der Waals surface area contributed by atoms with E-state index < -0.39 is 5.97 Å². The van der Waals surface area contributed by atoms with Crippen LogP contribution in [0.1, 0.15) is 12.0 Å². The smallest absolute Gasteiger partial charge is 0.317 e. The van der Waals surface area contributed by atoms with Crippen LogP contribution in [0.4, 0.5) is 4.79 Å². The summed E-state index contributed by atoms with van der Waals surface area (Å²) in [5.74, 6) is -0.777. The third kappa shape index (κ3) is 4.50. The average molecular weight is 297 g/mol. The minimum absolute atomic E-state index is 0.0471. The zero-order valence-electron chi connectivity index (χ0n) is 11.2. The van der Waals surface area contributed by atoms with Crippen molar-refractivity contribution in [1.82, 2.24) is 15.1 Å². The lowest BCUT2D eigenvalue weighted by atomic mass is 10.3. The third-order valence-corrected chi connectivity index (χ3v) is 4.06. The molecule has 0 unspecified atom stereocenters. The van der Waals surface area contributed by atoms with Crippen LogP contribution in [-0.4, -0.2) is 59.6 Å². The lowest BCUT2D eigenvalue weighted by molar-refractivity contribution is -0.137. The number of nitrogens with one attached hydrogen (secondary N) is 1. The van der Waals surface area contributed by atoms with Gasteiger partial charge in [0.25, 0.3) is 0 Å². The van der Waals surface area contributed by atoms with Gasteiger partial charge in [0, 0.05) is 39.3 Å². The van der Waals surface area contributed by atoms with Gasteiger partial charge in [0.05, 0.1) is 6.42 Å². The molecule has 110 valence electrons. The zero-order chi connectivity index (χ0) is 14.4. The molecule has 0 bridgehead atoms. The number of hydrogen-bond donors (Lipinski definition) is 2. The number of nitrogens with zero attached hydrogens (tertiary/aromatic N) is 2. The third-order valence-electron chi connectivity index (χ3n) is 3.33. The van der Waals surface area contributed by atoms with Crippen molar-refractivity contribution in [3.8, 4) is 0 Å². The van der Waals surface area contributed by atoms with Crippen LogP contribution in [0.15, 0.2) is 16.8 Å². The highest BCUT2D eigenvalue weighted by atomic mass is 32.1. The highest BCUT2D eigenvalue weighted by molar-refractivity contribution is 7.07. The highest BCUT2D eigenvalue weighted by Crippen LogP contribution is 2.06. The fourth-order valence-electron chi connectivity index (χ4n) is 2.11. The van der Waals surface area contributed by atoms with Gasteiger partial charge in [-0.3, -0.25) is 9.69 Å². The Balaban J connectivity index is 1.67. The summed E-state index contributed by atoms with van der Waals surface area (Å²) in [6, 6.07) is 1.95. The van der Waals surface area contributed by atoms with Gasteiger partial charge >= 0.3 is 12.0 Å².